The molecule has 1 fully saturated rings. The van der Waals surface area contributed by atoms with Crippen molar-refractivity contribution in [2.45, 2.75) is 13.3 Å². The topological polar surface area (TPSA) is 68.7 Å². The van der Waals surface area contributed by atoms with E-state index in [4.69, 9.17) is 14.9 Å². The fraction of sp³-hybridized carbons (Fsp3) is 0.318. The Bertz CT molecular complexity index is 980. The molecule has 4 rings (SSSR count). The highest BCUT2D eigenvalue weighted by atomic mass is 16.5. The summed E-state index contributed by atoms with van der Waals surface area (Å²) in [7, 11) is 1.62. The molecule has 0 aliphatic carbocycles. The first-order chi connectivity index (χ1) is 13.0. The molecule has 5 nitrogen and oxygen atoms in total. The van der Waals surface area contributed by atoms with Gasteiger partial charge in [0.05, 0.1) is 7.11 Å². The van der Waals surface area contributed by atoms with Gasteiger partial charge in [0, 0.05) is 30.1 Å². The molecule has 0 saturated carbocycles. The second-order valence-corrected chi connectivity index (χ2v) is 7.53. The molecule has 2 heterocycles. The van der Waals surface area contributed by atoms with Gasteiger partial charge in [-0.3, -0.25) is 4.79 Å². The highest BCUT2D eigenvalue weighted by Gasteiger charge is 2.37. The van der Waals surface area contributed by atoms with Gasteiger partial charge in [-0.15, -0.1) is 0 Å². The van der Waals surface area contributed by atoms with Crippen LogP contribution in [0.5, 0.6) is 5.75 Å². The highest BCUT2D eigenvalue weighted by Crippen LogP contribution is 2.38. The molecule has 5 heteroatoms. The Labute approximate surface area is 158 Å². The molecule has 1 aliphatic heterocycles. The maximum Gasteiger partial charge on any atom is 0.290 e. The number of carbonyl (C=O) groups excluding carboxylic acids is 1. The number of rotatable bonds is 4. The second-order valence-electron chi connectivity index (χ2n) is 7.53. The molecule has 0 bridgehead atoms. The molecule has 1 atom stereocenters. The van der Waals surface area contributed by atoms with Crippen LogP contribution in [0.2, 0.25) is 0 Å². The standard InChI is InChI=1S/C22H24N2O3/c1-22(13-23)10-11-24(14-22)21(25)20-19(15-6-4-3-5-7-15)17-9-8-16(26-2)12-18(17)27-20/h3-9,12H,10-11,13-14,23H2,1-2H3. The minimum Gasteiger partial charge on any atom is -0.497 e. The molecule has 140 valence electrons. The van der Waals surface area contributed by atoms with E-state index in [1.807, 2.05) is 53.4 Å². The van der Waals surface area contributed by atoms with Crippen molar-refractivity contribution in [3.05, 3.63) is 54.3 Å². The van der Waals surface area contributed by atoms with Gasteiger partial charge in [0.1, 0.15) is 11.3 Å². The summed E-state index contributed by atoms with van der Waals surface area (Å²) in [5.74, 6) is 0.999. The van der Waals surface area contributed by atoms with Crippen LogP contribution in [0.25, 0.3) is 22.1 Å². The molecular formula is C22H24N2O3. The fourth-order valence-electron chi connectivity index (χ4n) is 3.75. The lowest BCUT2D eigenvalue weighted by molar-refractivity contribution is 0.0748. The number of nitrogens with zero attached hydrogens (tertiary/aromatic N) is 1. The summed E-state index contributed by atoms with van der Waals surface area (Å²) >= 11 is 0. The highest BCUT2D eigenvalue weighted by molar-refractivity contribution is 6.08. The molecule has 1 amide bonds. The monoisotopic (exact) mass is 364 g/mol. The Balaban J connectivity index is 1.83. The number of fused-ring (bicyclic) bond motifs is 1. The number of amides is 1. The van der Waals surface area contributed by atoms with Crippen LogP contribution in [-0.4, -0.2) is 37.6 Å². The minimum absolute atomic E-state index is 0.0300. The fourth-order valence-corrected chi connectivity index (χ4v) is 3.75. The van der Waals surface area contributed by atoms with Crippen LogP contribution in [0.3, 0.4) is 0 Å². The first-order valence-corrected chi connectivity index (χ1v) is 9.20. The molecule has 1 unspecified atom stereocenters. The van der Waals surface area contributed by atoms with Gasteiger partial charge in [-0.2, -0.15) is 0 Å². The molecule has 27 heavy (non-hydrogen) atoms. The van der Waals surface area contributed by atoms with Gasteiger partial charge in [-0.25, -0.2) is 0 Å². The Morgan fingerprint density at radius 2 is 2.04 bits per heavy atom. The van der Waals surface area contributed by atoms with Crippen LogP contribution in [0.15, 0.2) is 52.9 Å². The van der Waals surface area contributed by atoms with Crippen molar-refractivity contribution in [1.82, 2.24) is 4.90 Å². The summed E-state index contributed by atoms with van der Waals surface area (Å²) in [6.07, 6.45) is 0.907. The van der Waals surface area contributed by atoms with E-state index in [0.29, 0.717) is 36.7 Å². The van der Waals surface area contributed by atoms with Crippen LogP contribution in [0.1, 0.15) is 23.9 Å². The van der Waals surface area contributed by atoms with Crippen molar-refractivity contribution in [1.29, 1.82) is 0 Å². The zero-order chi connectivity index (χ0) is 19.0. The van der Waals surface area contributed by atoms with Gasteiger partial charge in [0.2, 0.25) is 5.76 Å². The van der Waals surface area contributed by atoms with E-state index in [-0.39, 0.29) is 11.3 Å². The molecule has 1 aromatic heterocycles. The molecule has 0 radical (unpaired) electrons. The van der Waals surface area contributed by atoms with Crippen LogP contribution >= 0.6 is 0 Å². The lowest BCUT2D eigenvalue weighted by Crippen LogP contribution is -2.34. The number of hydrogen-bond donors (Lipinski definition) is 1. The lowest BCUT2D eigenvalue weighted by atomic mass is 9.90. The van der Waals surface area contributed by atoms with Gasteiger partial charge in [0.25, 0.3) is 5.91 Å². The quantitative estimate of drug-likeness (QED) is 0.762. The molecular weight excluding hydrogens is 340 g/mol. The van der Waals surface area contributed by atoms with Gasteiger partial charge in [0.15, 0.2) is 0 Å². The third-order valence-corrected chi connectivity index (χ3v) is 5.49. The molecule has 2 N–H and O–H groups in total. The van der Waals surface area contributed by atoms with Crippen LogP contribution in [0, 0.1) is 5.41 Å². The minimum atomic E-state index is -0.0822. The SMILES string of the molecule is COc1ccc2c(-c3ccccc3)c(C(=O)N3CCC(C)(CN)C3)oc2c1. The summed E-state index contributed by atoms with van der Waals surface area (Å²) in [6, 6.07) is 15.6. The first-order valence-electron chi connectivity index (χ1n) is 9.20. The summed E-state index contributed by atoms with van der Waals surface area (Å²) in [5, 5.41) is 0.908. The van der Waals surface area contributed by atoms with E-state index >= 15 is 0 Å². The molecule has 1 saturated heterocycles. The smallest absolute Gasteiger partial charge is 0.290 e. The largest absolute Gasteiger partial charge is 0.497 e. The summed E-state index contributed by atoms with van der Waals surface area (Å²) in [6.45, 7) is 4.04. The van der Waals surface area contributed by atoms with E-state index < -0.39 is 0 Å². The molecule has 2 aromatic carbocycles. The zero-order valence-corrected chi connectivity index (χ0v) is 15.7. The normalized spacial score (nSPS) is 19.6. The second kappa shape index (κ2) is 6.74. The van der Waals surface area contributed by atoms with Crippen molar-refractivity contribution < 1.29 is 13.9 Å². The number of nitrogens with two attached hydrogens (primary N) is 1. The first kappa shape index (κ1) is 17.6. The molecule has 3 aromatic rings. The van der Waals surface area contributed by atoms with Crippen molar-refractivity contribution in [2.24, 2.45) is 11.1 Å². The van der Waals surface area contributed by atoms with E-state index in [1.165, 1.54) is 0 Å². The predicted molar refractivity (Wildman–Crippen MR) is 106 cm³/mol. The van der Waals surface area contributed by atoms with Gasteiger partial charge in [-0.05, 0) is 36.1 Å². The maximum atomic E-state index is 13.3. The summed E-state index contributed by atoms with van der Waals surface area (Å²) in [4.78, 5) is 15.2. The van der Waals surface area contributed by atoms with E-state index in [2.05, 4.69) is 6.92 Å². The predicted octanol–water partition coefficient (Wildman–Crippen LogP) is 3.92. The summed E-state index contributed by atoms with van der Waals surface area (Å²) in [5.41, 5.74) is 8.32. The van der Waals surface area contributed by atoms with E-state index in [0.717, 1.165) is 22.9 Å². The average molecular weight is 364 g/mol. The molecule has 1 aliphatic rings. The Morgan fingerprint density at radius 3 is 2.70 bits per heavy atom. The number of furan rings is 1. The van der Waals surface area contributed by atoms with Crippen molar-refractivity contribution in [2.75, 3.05) is 26.7 Å². The average Bonchev–Trinajstić information content (AvgIpc) is 3.29. The Hall–Kier alpha value is -2.79. The van der Waals surface area contributed by atoms with Crippen LogP contribution in [-0.2, 0) is 0 Å². The van der Waals surface area contributed by atoms with Crippen molar-refractivity contribution in [3.8, 4) is 16.9 Å². The number of hydrogen-bond acceptors (Lipinski definition) is 4. The Kier molecular flexibility index (Phi) is 4.40. The number of likely N-dealkylation sites (tertiary alicyclic amines) is 1. The van der Waals surface area contributed by atoms with Crippen molar-refractivity contribution >= 4 is 16.9 Å². The van der Waals surface area contributed by atoms with Gasteiger partial charge < -0.3 is 19.8 Å². The number of methoxy groups -OCH3 is 1. The van der Waals surface area contributed by atoms with E-state index in [1.54, 1.807) is 7.11 Å². The van der Waals surface area contributed by atoms with Crippen LogP contribution < -0.4 is 10.5 Å². The van der Waals surface area contributed by atoms with Crippen LogP contribution in [0.4, 0.5) is 0 Å². The van der Waals surface area contributed by atoms with Crippen molar-refractivity contribution in [3.63, 3.8) is 0 Å². The van der Waals surface area contributed by atoms with Gasteiger partial charge >= 0.3 is 0 Å². The van der Waals surface area contributed by atoms with Gasteiger partial charge in [-0.1, -0.05) is 37.3 Å². The third kappa shape index (κ3) is 3.08. The summed E-state index contributed by atoms with van der Waals surface area (Å²) < 4.78 is 11.4. The zero-order valence-electron chi connectivity index (χ0n) is 15.7. The third-order valence-electron chi connectivity index (χ3n) is 5.49. The molecule has 0 spiro atoms. The maximum absolute atomic E-state index is 13.3. The van der Waals surface area contributed by atoms with E-state index in [9.17, 15) is 4.79 Å². The Morgan fingerprint density at radius 1 is 1.26 bits per heavy atom. The number of benzene rings is 2. The lowest BCUT2D eigenvalue weighted by Gasteiger charge is -2.22. The number of ether oxygens (including phenoxy) is 1. The number of carbonyl (C=O) groups is 1.